The van der Waals surface area contributed by atoms with Crippen LogP contribution >= 0.6 is 0 Å². The Hall–Kier alpha value is -1.02. The summed E-state index contributed by atoms with van der Waals surface area (Å²) in [4.78, 5) is 0. The van der Waals surface area contributed by atoms with Crippen LogP contribution in [0.5, 0.6) is 5.75 Å². The summed E-state index contributed by atoms with van der Waals surface area (Å²) in [5.74, 6) is 0.946. The summed E-state index contributed by atoms with van der Waals surface area (Å²) in [5.41, 5.74) is 1.89. The highest BCUT2D eigenvalue weighted by molar-refractivity contribution is 5.31. The number of hydrogen-bond donors (Lipinski definition) is 0. The van der Waals surface area contributed by atoms with Crippen LogP contribution in [0.4, 0.5) is 0 Å². The van der Waals surface area contributed by atoms with Crippen LogP contribution in [-0.4, -0.2) is 19.8 Å². The minimum absolute atomic E-state index is 0.186. The molecule has 0 amide bonds. The van der Waals surface area contributed by atoms with E-state index in [0.717, 1.165) is 31.8 Å². The van der Waals surface area contributed by atoms with Crippen molar-refractivity contribution >= 4 is 0 Å². The van der Waals surface area contributed by atoms with E-state index >= 15 is 0 Å². The molecule has 0 radical (unpaired) electrons. The lowest BCUT2D eigenvalue weighted by atomic mass is 9.72. The third kappa shape index (κ3) is 6.99. The Labute approximate surface area is 130 Å². The molecule has 0 heterocycles. The van der Waals surface area contributed by atoms with Crippen molar-refractivity contribution in [2.75, 3.05) is 19.8 Å². The Morgan fingerprint density at radius 2 is 1.52 bits per heavy atom. The Kier molecular flexibility index (Phi) is 6.73. The monoisotopic (exact) mass is 292 g/mol. The quantitative estimate of drug-likeness (QED) is 0.613. The molecule has 0 N–H and O–H groups in total. The molecule has 1 rings (SSSR count). The maximum Gasteiger partial charge on any atom is 0.119 e. The summed E-state index contributed by atoms with van der Waals surface area (Å²) < 4.78 is 11.0. The second kappa shape index (κ2) is 7.84. The standard InChI is InChI=1S/C19H32O2/c1-7-20-13-8-14-21-17-11-9-16(10-12-17)19(5,6)15-18(2,3)4/h9-12H,7-8,13-15H2,1-6H3. The molecule has 0 fully saturated rings. The van der Waals surface area contributed by atoms with Crippen LogP contribution in [0.1, 0.15) is 59.9 Å². The summed E-state index contributed by atoms with van der Waals surface area (Å²) in [6.07, 6.45) is 2.10. The van der Waals surface area contributed by atoms with Crippen LogP contribution < -0.4 is 4.74 Å². The van der Waals surface area contributed by atoms with Gasteiger partial charge in [-0.2, -0.15) is 0 Å². The van der Waals surface area contributed by atoms with Crippen LogP contribution in [0.15, 0.2) is 24.3 Å². The first-order chi connectivity index (χ1) is 9.74. The number of benzene rings is 1. The smallest absolute Gasteiger partial charge is 0.119 e. The fraction of sp³-hybridized carbons (Fsp3) is 0.684. The predicted octanol–water partition coefficient (Wildman–Crippen LogP) is 5.21. The zero-order valence-corrected chi connectivity index (χ0v) is 14.7. The molecule has 0 aliphatic carbocycles. The van der Waals surface area contributed by atoms with Gasteiger partial charge in [0.05, 0.1) is 6.61 Å². The van der Waals surface area contributed by atoms with Crippen LogP contribution in [0.25, 0.3) is 0 Å². The molecule has 0 atom stereocenters. The molecular weight excluding hydrogens is 260 g/mol. The van der Waals surface area contributed by atoms with Gasteiger partial charge in [0.25, 0.3) is 0 Å². The molecule has 1 aromatic rings. The van der Waals surface area contributed by atoms with Crippen LogP contribution in [-0.2, 0) is 10.2 Å². The maximum absolute atomic E-state index is 5.74. The van der Waals surface area contributed by atoms with Gasteiger partial charge >= 0.3 is 0 Å². The molecule has 2 heteroatoms. The average Bonchev–Trinajstić information content (AvgIpc) is 2.36. The van der Waals surface area contributed by atoms with Crippen molar-refractivity contribution < 1.29 is 9.47 Å². The number of rotatable bonds is 8. The topological polar surface area (TPSA) is 18.5 Å². The minimum Gasteiger partial charge on any atom is -0.494 e. The molecule has 21 heavy (non-hydrogen) atoms. The zero-order chi connectivity index (χ0) is 15.9. The third-order valence-corrected chi connectivity index (χ3v) is 3.51. The molecule has 0 unspecified atom stereocenters. The zero-order valence-electron chi connectivity index (χ0n) is 14.7. The van der Waals surface area contributed by atoms with E-state index in [9.17, 15) is 0 Å². The molecule has 0 spiro atoms. The van der Waals surface area contributed by atoms with Gasteiger partial charge in [0.15, 0.2) is 0 Å². The van der Waals surface area contributed by atoms with E-state index in [4.69, 9.17) is 9.47 Å². The Bertz CT molecular complexity index is 399. The molecule has 1 aromatic carbocycles. The Morgan fingerprint density at radius 1 is 0.905 bits per heavy atom. The van der Waals surface area contributed by atoms with Gasteiger partial charge in [-0.25, -0.2) is 0 Å². The van der Waals surface area contributed by atoms with Crippen molar-refractivity contribution in [1.82, 2.24) is 0 Å². The predicted molar refractivity (Wildman–Crippen MR) is 90.1 cm³/mol. The van der Waals surface area contributed by atoms with Crippen molar-refractivity contribution in [2.24, 2.45) is 5.41 Å². The lowest BCUT2D eigenvalue weighted by molar-refractivity contribution is 0.131. The first kappa shape index (κ1) is 18.0. The van der Waals surface area contributed by atoms with Gasteiger partial charge in [-0.1, -0.05) is 46.8 Å². The highest BCUT2D eigenvalue weighted by Gasteiger charge is 2.27. The van der Waals surface area contributed by atoms with Crippen LogP contribution in [0.2, 0.25) is 0 Å². The summed E-state index contributed by atoms with van der Waals surface area (Å²) in [6.45, 7) is 15.8. The normalized spacial score (nSPS) is 12.5. The number of ether oxygens (including phenoxy) is 2. The van der Waals surface area contributed by atoms with E-state index < -0.39 is 0 Å². The van der Waals surface area contributed by atoms with Crippen molar-refractivity contribution in [1.29, 1.82) is 0 Å². The van der Waals surface area contributed by atoms with Crippen LogP contribution in [0, 0.1) is 5.41 Å². The van der Waals surface area contributed by atoms with E-state index in [0.29, 0.717) is 12.0 Å². The fourth-order valence-electron chi connectivity index (χ4n) is 2.93. The molecule has 2 nitrogen and oxygen atoms in total. The van der Waals surface area contributed by atoms with Gasteiger partial charge in [-0.3, -0.25) is 0 Å². The van der Waals surface area contributed by atoms with Gasteiger partial charge in [-0.15, -0.1) is 0 Å². The highest BCUT2D eigenvalue weighted by atomic mass is 16.5. The largest absolute Gasteiger partial charge is 0.494 e. The molecular formula is C19H32O2. The first-order valence-corrected chi connectivity index (χ1v) is 8.06. The van der Waals surface area contributed by atoms with E-state index in [-0.39, 0.29) is 5.41 Å². The van der Waals surface area contributed by atoms with Gasteiger partial charge in [0, 0.05) is 19.6 Å². The average molecular weight is 292 g/mol. The highest BCUT2D eigenvalue weighted by Crippen LogP contribution is 2.36. The molecule has 0 aliphatic heterocycles. The van der Waals surface area contributed by atoms with Gasteiger partial charge in [-0.05, 0) is 41.9 Å². The minimum atomic E-state index is 0.186. The molecule has 0 bridgehead atoms. The van der Waals surface area contributed by atoms with Crippen molar-refractivity contribution in [3.63, 3.8) is 0 Å². The Morgan fingerprint density at radius 3 is 2.05 bits per heavy atom. The van der Waals surface area contributed by atoms with Crippen molar-refractivity contribution in [2.45, 2.75) is 59.8 Å². The Balaban J connectivity index is 2.53. The third-order valence-electron chi connectivity index (χ3n) is 3.51. The van der Waals surface area contributed by atoms with Gasteiger partial charge in [0.2, 0.25) is 0 Å². The maximum atomic E-state index is 5.74. The SMILES string of the molecule is CCOCCCOc1ccc(C(C)(C)CC(C)(C)C)cc1. The molecule has 0 saturated carbocycles. The van der Waals surface area contributed by atoms with Crippen LogP contribution in [0.3, 0.4) is 0 Å². The van der Waals surface area contributed by atoms with E-state index in [1.165, 1.54) is 5.56 Å². The fourth-order valence-corrected chi connectivity index (χ4v) is 2.93. The lowest BCUT2D eigenvalue weighted by Crippen LogP contribution is -2.24. The number of hydrogen-bond acceptors (Lipinski definition) is 2. The van der Waals surface area contributed by atoms with Gasteiger partial charge in [0.1, 0.15) is 5.75 Å². The summed E-state index contributed by atoms with van der Waals surface area (Å²) in [6, 6.07) is 8.56. The summed E-state index contributed by atoms with van der Waals surface area (Å²) in [5, 5.41) is 0. The van der Waals surface area contributed by atoms with Crippen molar-refractivity contribution in [3.05, 3.63) is 29.8 Å². The summed E-state index contributed by atoms with van der Waals surface area (Å²) >= 11 is 0. The second-order valence-electron chi connectivity index (χ2n) is 7.54. The van der Waals surface area contributed by atoms with E-state index in [1.807, 2.05) is 6.92 Å². The van der Waals surface area contributed by atoms with E-state index in [2.05, 4.69) is 58.9 Å². The second-order valence-corrected chi connectivity index (χ2v) is 7.54. The molecule has 120 valence electrons. The van der Waals surface area contributed by atoms with Gasteiger partial charge < -0.3 is 9.47 Å². The molecule has 0 saturated heterocycles. The molecule has 0 aliphatic rings. The molecule has 0 aromatic heterocycles. The van der Waals surface area contributed by atoms with E-state index in [1.54, 1.807) is 0 Å². The summed E-state index contributed by atoms with van der Waals surface area (Å²) in [7, 11) is 0. The van der Waals surface area contributed by atoms with Crippen molar-refractivity contribution in [3.8, 4) is 5.75 Å². The first-order valence-electron chi connectivity index (χ1n) is 8.06. The lowest BCUT2D eigenvalue weighted by Gasteiger charge is -2.33.